The third-order valence-corrected chi connectivity index (χ3v) is 5.09. The zero-order valence-corrected chi connectivity index (χ0v) is 16.9. The molecule has 0 aliphatic heterocycles. The first-order chi connectivity index (χ1) is 13.5. The van der Waals surface area contributed by atoms with Crippen LogP contribution in [0.15, 0.2) is 48.5 Å². The largest absolute Gasteiger partial charge is 0.347 e. The molecule has 7 nitrogen and oxygen atoms in total. The van der Waals surface area contributed by atoms with Gasteiger partial charge in [-0.2, -0.15) is 9.78 Å². The van der Waals surface area contributed by atoms with E-state index in [9.17, 15) is 0 Å². The van der Waals surface area contributed by atoms with E-state index in [4.69, 9.17) is 34.8 Å². The molecule has 4 rings (SSSR count). The molecule has 2 aromatic carbocycles. The Balaban J connectivity index is 1.61. The maximum atomic E-state index is 6.29. The van der Waals surface area contributed by atoms with Crippen molar-refractivity contribution in [1.82, 2.24) is 30.0 Å². The number of benzene rings is 2. The van der Waals surface area contributed by atoms with Gasteiger partial charge in [-0.25, -0.2) is 4.68 Å². The zero-order chi connectivity index (χ0) is 19.7. The smallest absolute Gasteiger partial charge is 0.248 e. The van der Waals surface area contributed by atoms with Crippen LogP contribution in [0, 0.1) is 6.92 Å². The number of anilines is 1. The minimum Gasteiger partial charge on any atom is -0.347 e. The topological polar surface area (TPSA) is 73.5 Å². The second-order valence-electron chi connectivity index (χ2n) is 6.01. The van der Waals surface area contributed by atoms with Crippen LogP contribution < -0.4 is 5.32 Å². The highest BCUT2D eigenvalue weighted by Crippen LogP contribution is 2.29. The first-order valence-electron chi connectivity index (χ1n) is 8.31. The molecule has 0 atom stereocenters. The molecule has 0 unspecified atom stereocenters. The van der Waals surface area contributed by atoms with Crippen molar-refractivity contribution < 1.29 is 0 Å². The summed E-state index contributed by atoms with van der Waals surface area (Å²) in [5, 5.41) is 21.0. The van der Waals surface area contributed by atoms with Crippen molar-refractivity contribution in [1.29, 1.82) is 0 Å². The first-order valence-corrected chi connectivity index (χ1v) is 9.44. The summed E-state index contributed by atoms with van der Waals surface area (Å²) in [7, 11) is 0. The molecule has 0 radical (unpaired) electrons. The van der Waals surface area contributed by atoms with Gasteiger partial charge < -0.3 is 5.32 Å². The summed E-state index contributed by atoms with van der Waals surface area (Å²) in [6.45, 7) is 2.38. The fourth-order valence-corrected chi connectivity index (χ4v) is 3.27. The second kappa shape index (κ2) is 7.79. The molecule has 28 heavy (non-hydrogen) atoms. The van der Waals surface area contributed by atoms with E-state index in [-0.39, 0.29) is 0 Å². The summed E-state index contributed by atoms with van der Waals surface area (Å²) in [6.07, 6.45) is 0. The van der Waals surface area contributed by atoms with Crippen molar-refractivity contribution >= 4 is 40.8 Å². The molecule has 0 fully saturated rings. The Morgan fingerprint density at radius 3 is 2.57 bits per heavy atom. The van der Waals surface area contributed by atoms with Crippen molar-refractivity contribution in [2.75, 3.05) is 5.32 Å². The first kappa shape index (κ1) is 18.7. The molecule has 0 aliphatic rings. The highest BCUT2D eigenvalue weighted by molar-refractivity contribution is 6.43. The minimum absolute atomic E-state index is 0.376. The van der Waals surface area contributed by atoms with Crippen molar-refractivity contribution in [3.05, 3.63) is 75.0 Å². The Kier molecular flexibility index (Phi) is 5.21. The van der Waals surface area contributed by atoms with Crippen LogP contribution in [0.25, 0.3) is 11.4 Å². The zero-order valence-electron chi connectivity index (χ0n) is 14.6. The lowest BCUT2D eigenvalue weighted by atomic mass is 10.3. The molecule has 0 amide bonds. The van der Waals surface area contributed by atoms with Crippen LogP contribution in [0.3, 0.4) is 0 Å². The lowest BCUT2D eigenvalue weighted by molar-refractivity contribution is 0.782. The number of nitrogens with one attached hydrogen (secondary N) is 1. The number of rotatable bonds is 5. The van der Waals surface area contributed by atoms with E-state index < -0.39 is 0 Å². The molecule has 0 saturated heterocycles. The quantitative estimate of drug-likeness (QED) is 0.491. The number of nitrogens with zero attached hydrogens (tertiary/aromatic N) is 6. The van der Waals surface area contributed by atoms with E-state index >= 15 is 0 Å². The average Bonchev–Trinajstić information content (AvgIpc) is 3.29. The van der Waals surface area contributed by atoms with Crippen LogP contribution in [0.5, 0.6) is 0 Å². The number of aryl methyl sites for hydroxylation is 1. The third kappa shape index (κ3) is 3.69. The predicted octanol–water partition coefficient (Wildman–Crippen LogP) is 4.73. The molecule has 1 N–H and O–H groups in total. The number of hydrogen-bond donors (Lipinski definition) is 1. The number of hydrogen-bond acceptors (Lipinski definition) is 5. The van der Waals surface area contributed by atoms with Gasteiger partial charge >= 0.3 is 0 Å². The molecule has 142 valence electrons. The van der Waals surface area contributed by atoms with Gasteiger partial charge in [0.05, 0.1) is 39.4 Å². The normalized spacial score (nSPS) is 11.0. The Hall–Kier alpha value is -2.61. The Morgan fingerprint density at radius 2 is 1.79 bits per heavy atom. The summed E-state index contributed by atoms with van der Waals surface area (Å²) in [6, 6.07) is 14.7. The van der Waals surface area contributed by atoms with E-state index in [1.54, 1.807) is 18.2 Å². The van der Waals surface area contributed by atoms with E-state index in [1.807, 2.05) is 41.9 Å². The van der Waals surface area contributed by atoms with Crippen LogP contribution in [0.2, 0.25) is 15.1 Å². The summed E-state index contributed by atoms with van der Waals surface area (Å²) in [5.74, 6) is 0.436. The van der Waals surface area contributed by atoms with Crippen molar-refractivity contribution in [3.63, 3.8) is 0 Å². The van der Waals surface area contributed by atoms with Crippen LogP contribution in [-0.4, -0.2) is 30.0 Å². The van der Waals surface area contributed by atoms with Gasteiger partial charge in [0.1, 0.15) is 0 Å². The van der Waals surface area contributed by atoms with Gasteiger partial charge in [0, 0.05) is 5.02 Å². The Bertz CT molecular complexity index is 1120. The van der Waals surface area contributed by atoms with Crippen molar-refractivity contribution in [2.24, 2.45) is 0 Å². The van der Waals surface area contributed by atoms with Gasteiger partial charge in [-0.05, 0) is 59.8 Å². The lowest BCUT2D eigenvalue weighted by Gasteiger charge is -2.11. The average molecular weight is 435 g/mol. The van der Waals surface area contributed by atoms with Gasteiger partial charge in [0.15, 0.2) is 0 Å². The van der Waals surface area contributed by atoms with E-state index in [0.29, 0.717) is 33.2 Å². The van der Waals surface area contributed by atoms with Gasteiger partial charge in [0.2, 0.25) is 5.95 Å². The van der Waals surface area contributed by atoms with Crippen LogP contribution >= 0.6 is 34.8 Å². The summed E-state index contributed by atoms with van der Waals surface area (Å²) in [5.41, 5.74) is 3.33. The Morgan fingerprint density at radius 1 is 1.00 bits per heavy atom. The predicted molar refractivity (Wildman–Crippen MR) is 110 cm³/mol. The summed E-state index contributed by atoms with van der Waals surface area (Å²) in [4.78, 5) is 0. The molecule has 2 aromatic heterocycles. The molecule has 10 heteroatoms. The maximum Gasteiger partial charge on any atom is 0.248 e. The van der Waals surface area contributed by atoms with Crippen molar-refractivity contribution in [2.45, 2.75) is 13.5 Å². The molecular formula is C18H14Cl3N7. The van der Waals surface area contributed by atoms with E-state index in [1.165, 1.54) is 4.68 Å². The molecular weight excluding hydrogens is 421 g/mol. The summed E-state index contributed by atoms with van der Waals surface area (Å²) >= 11 is 18.4. The van der Waals surface area contributed by atoms with Gasteiger partial charge in [-0.1, -0.05) is 46.0 Å². The Labute approximate surface area is 175 Å². The monoisotopic (exact) mass is 433 g/mol. The van der Waals surface area contributed by atoms with Crippen molar-refractivity contribution in [3.8, 4) is 11.4 Å². The van der Waals surface area contributed by atoms with Crippen LogP contribution in [-0.2, 0) is 6.54 Å². The number of aromatic nitrogens is 6. The lowest BCUT2D eigenvalue weighted by Crippen LogP contribution is -2.11. The molecule has 0 saturated carbocycles. The highest BCUT2D eigenvalue weighted by atomic mass is 35.5. The fraction of sp³-hybridized carbons (Fsp3) is 0.111. The minimum atomic E-state index is 0.376. The van der Waals surface area contributed by atoms with Crippen LogP contribution in [0.1, 0.15) is 11.4 Å². The van der Waals surface area contributed by atoms with Gasteiger partial charge in [-0.3, -0.25) is 0 Å². The van der Waals surface area contributed by atoms with Gasteiger partial charge in [-0.15, -0.1) is 0 Å². The van der Waals surface area contributed by atoms with Gasteiger partial charge in [0.25, 0.3) is 0 Å². The standard InChI is InChI=1S/C18H14Cl3N7/c1-11-9-14(27(24-11)13-7-5-12(19)6-8-13)10-22-18-23-25-26-28(18)16-4-2-3-15(20)17(16)21/h2-9H,10H2,1H3,(H,22,23,26). The van der Waals surface area contributed by atoms with E-state index in [2.05, 4.69) is 25.9 Å². The number of tetrazole rings is 1. The molecule has 0 bridgehead atoms. The fourth-order valence-electron chi connectivity index (χ4n) is 2.77. The second-order valence-corrected chi connectivity index (χ2v) is 7.23. The summed E-state index contributed by atoms with van der Waals surface area (Å²) < 4.78 is 3.35. The SMILES string of the molecule is Cc1cc(CNc2nnnn2-c2cccc(Cl)c2Cl)n(-c2ccc(Cl)cc2)n1. The van der Waals surface area contributed by atoms with E-state index in [0.717, 1.165) is 17.1 Å². The number of halogens is 3. The molecule has 0 spiro atoms. The molecule has 2 heterocycles. The third-order valence-electron chi connectivity index (χ3n) is 4.03. The maximum absolute atomic E-state index is 6.29. The molecule has 0 aliphatic carbocycles. The van der Waals surface area contributed by atoms with Crippen LogP contribution in [0.4, 0.5) is 5.95 Å². The highest BCUT2D eigenvalue weighted by Gasteiger charge is 2.14. The molecule has 4 aromatic rings.